The minimum Gasteiger partial charge on any atom is -0.399 e. The number of nitrogens with two attached hydrogens (primary N) is 1. The van der Waals surface area contributed by atoms with Gasteiger partial charge in [-0.15, -0.1) is 0 Å². The number of nitrogen functional groups attached to an aromatic ring is 1. The van der Waals surface area contributed by atoms with E-state index >= 15 is 0 Å². The Kier molecular flexibility index (Phi) is 3.36. The Morgan fingerprint density at radius 2 is 1.82 bits per heavy atom. The molecule has 3 nitrogen and oxygen atoms in total. The molecule has 0 aliphatic rings. The Labute approximate surface area is 107 Å². The van der Waals surface area contributed by atoms with Gasteiger partial charge in [-0.2, -0.15) is 0 Å². The van der Waals surface area contributed by atoms with Gasteiger partial charge in [0.2, 0.25) is 0 Å². The van der Waals surface area contributed by atoms with E-state index in [2.05, 4.69) is 10.3 Å². The Morgan fingerprint density at radius 3 is 2.41 bits per heavy atom. The number of hydrogen-bond donors (Lipinski definition) is 2. The lowest BCUT2D eigenvalue weighted by molar-refractivity contribution is 0.628. The zero-order valence-electron chi connectivity index (χ0n) is 8.55. The molecule has 0 radical (unpaired) electrons. The summed E-state index contributed by atoms with van der Waals surface area (Å²) >= 11 is 11.8. The van der Waals surface area contributed by atoms with E-state index in [9.17, 15) is 4.39 Å². The van der Waals surface area contributed by atoms with E-state index in [1.807, 2.05) is 0 Å². The molecule has 1 aromatic heterocycles. The van der Waals surface area contributed by atoms with Crippen molar-refractivity contribution in [2.45, 2.75) is 0 Å². The summed E-state index contributed by atoms with van der Waals surface area (Å²) in [6, 6.07) is 5.61. The van der Waals surface area contributed by atoms with Crippen molar-refractivity contribution in [2.24, 2.45) is 0 Å². The van der Waals surface area contributed by atoms with Crippen LogP contribution in [0.2, 0.25) is 10.0 Å². The molecule has 0 aliphatic carbocycles. The summed E-state index contributed by atoms with van der Waals surface area (Å²) in [5.74, 6) is -0.00788. The highest BCUT2D eigenvalue weighted by Gasteiger charge is 2.09. The Balaban J connectivity index is 2.36. The van der Waals surface area contributed by atoms with E-state index in [0.29, 0.717) is 17.2 Å². The third-order valence-electron chi connectivity index (χ3n) is 2.04. The predicted octanol–water partition coefficient (Wildman–Crippen LogP) is 3.85. The molecule has 1 heterocycles. The predicted molar refractivity (Wildman–Crippen MR) is 68.4 cm³/mol. The summed E-state index contributed by atoms with van der Waals surface area (Å²) in [6.07, 6.45) is 1.54. The van der Waals surface area contributed by atoms with Crippen LogP contribution in [0.15, 0.2) is 30.5 Å². The lowest BCUT2D eigenvalue weighted by Gasteiger charge is -2.10. The molecule has 0 amide bonds. The van der Waals surface area contributed by atoms with Crippen LogP contribution in [0.25, 0.3) is 0 Å². The maximum absolute atomic E-state index is 13.0. The number of nitrogens with one attached hydrogen (secondary N) is 1. The number of halogens is 3. The molecule has 3 N–H and O–H groups in total. The van der Waals surface area contributed by atoms with Crippen LogP contribution in [0.3, 0.4) is 0 Å². The van der Waals surface area contributed by atoms with Crippen molar-refractivity contribution in [3.8, 4) is 0 Å². The maximum atomic E-state index is 13.0. The fraction of sp³-hybridized carbons (Fsp3) is 0. The van der Waals surface area contributed by atoms with Gasteiger partial charge in [-0.05, 0) is 18.2 Å². The molecule has 6 heteroatoms. The molecular formula is C11H8Cl2FN3. The van der Waals surface area contributed by atoms with Crippen LogP contribution < -0.4 is 11.1 Å². The zero-order chi connectivity index (χ0) is 12.4. The van der Waals surface area contributed by atoms with Gasteiger partial charge < -0.3 is 11.1 Å². The van der Waals surface area contributed by atoms with Crippen LogP contribution >= 0.6 is 23.2 Å². The largest absolute Gasteiger partial charge is 0.399 e. The van der Waals surface area contributed by atoms with Crippen LogP contribution in [-0.4, -0.2) is 4.98 Å². The fourth-order valence-electron chi connectivity index (χ4n) is 1.30. The molecule has 17 heavy (non-hydrogen) atoms. The first kappa shape index (κ1) is 12.0. The quantitative estimate of drug-likeness (QED) is 0.872. The SMILES string of the molecule is Nc1ccnc(Nc2c(Cl)cc(F)cc2Cl)c1. The molecular weight excluding hydrogens is 264 g/mol. The third kappa shape index (κ3) is 2.78. The summed E-state index contributed by atoms with van der Waals surface area (Å²) in [5, 5.41) is 3.25. The van der Waals surface area contributed by atoms with Gasteiger partial charge in [0.1, 0.15) is 11.6 Å². The highest BCUT2D eigenvalue weighted by atomic mass is 35.5. The third-order valence-corrected chi connectivity index (χ3v) is 2.64. The molecule has 2 rings (SSSR count). The second-order valence-corrected chi connectivity index (χ2v) is 4.16. The first-order chi connectivity index (χ1) is 8.06. The molecule has 0 saturated heterocycles. The van der Waals surface area contributed by atoms with Crippen LogP contribution in [0, 0.1) is 5.82 Å². The molecule has 0 atom stereocenters. The van der Waals surface area contributed by atoms with Crippen LogP contribution in [0.5, 0.6) is 0 Å². The van der Waals surface area contributed by atoms with Gasteiger partial charge in [-0.1, -0.05) is 23.2 Å². The van der Waals surface area contributed by atoms with Crippen LogP contribution in [-0.2, 0) is 0 Å². The van der Waals surface area contributed by atoms with Crippen molar-refractivity contribution < 1.29 is 4.39 Å². The van der Waals surface area contributed by atoms with Gasteiger partial charge >= 0.3 is 0 Å². The summed E-state index contributed by atoms with van der Waals surface area (Å²) in [7, 11) is 0. The van der Waals surface area contributed by atoms with Gasteiger partial charge in [-0.3, -0.25) is 0 Å². The van der Waals surface area contributed by atoms with Crippen molar-refractivity contribution in [3.63, 3.8) is 0 Å². The number of hydrogen-bond acceptors (Lipinski definition) is 3. The van der Waals surface area contributed by atoms with Gasteiger partial charge in [0, 0.05) is 18.0 Å². The standard InChI is InChI=1S/C11H8Cl2FN3/c12-8-3-6(14)4-9(13)11(8)17-10-5-7(15)1-2-16-10/h1-5H,(H3,15,16,17). The van der Waals surface area contributed by atoms with Crippen molar-refractivity contribution >= 4 is 40.4 Å². The Morgan fingerprint density at radius 1 is 1.18 bits per heavy atom. The van der Waals surface area contributed by atoms with E-state index in [1.165, 1.54) is 12.1 Å². The number of benzene rings is 1. The topological polar surface area (TPSA) is 50.9 Å². The van der Waals surface area contributed by atoms with Crippen LogP contribution in [0.1, 0.15) is 0 Å². The van der Waals surface area contributed by atoms with Crippen molar-refractivity contribution in [1.29, 1.82) is 0 Å². The molecule has 2 aromatic rings. The summed E-state index contributed by atoms with van der Waals surface area (Å²) in [5.41, 5.74) is 6.56. The zero-order valence-corrected chi connectivity index (χ0v) is 10.1. The van der Waals surface area contributed by atoms with E-state index in [4.69, 9.17) is 28.9 Å². The van der Waals surface area contributed by atoms with Crippen molar-refractivity contribution in [3.05, 3.63) is 46.3 Å². The smallest absolute Gasteiger partial charge is 0.132 e. The average molecular weight is 272 g/mol. The van der Waals surface area contributed by atoms with E-state index in [-0.39, 0.29) is 10.0 Å². The Hall–Kier alpha value is -1.52. The second-order valence-electron chi connectivity index (χ2n) is 3.34. The lowest BCUT2D eigenvalue weighted by atomic mass is 10.3. The maximum Gasteiger partial charge on any atom is 0.132 e. The van der Waals surface area contributed by atoms with Gasteiger partial charge in [-0.25, -0.2) is 9.37 Å². The summed E-state index contributed by atoms with van der Waals surface area (Å²) in [4.78, 5) is 4.04. The summed E-state index contributed by atoms with van der Waals surface area (Å²) < 4.78 is 13.0. The van der Waals surface area contributed by atoms with E-state index in [0.717, 1.165) is 0 Å². The molecule has 88 valence electrons. The van der Waals surface area contributed by atoms with Crippen molar-refractivity contribution in [1.82, 2.24) is 4.98 Å². The van der Waals surface area contributed by atoms with Crippen LogP contribution in [0.4, 0.5) is 21.6 Å². The average Bonchev–Trinajstić information content (AvgIpc) is 2.23. The number of pyridine rings is 1. The molecule has 0 spiro atoms. The number of rotatable bonds is 2. The highest BCUT2D eigenvalue weighted by Crippen LogP contribution is 2.33. The number of nitrogens with zero attached hydrogens (tertiary/aromatic N) is 1. The number of anilines is 3. The first-order valence-corrected chi connectivity index (χ1v) is 5.45. The molecule has 0 bridgehead atoms. The normalized spacial score (nSPS) is 10.3. The minimum absolute atomic E-state index is 0.180. The molecule has 1 aromatic carbocycles. The minimum atomic E-state index is -0.494. The molecule has 0 aliphatic heterocycles. The van der Waals surface area contributed by atoms with Gasteiger partial charge in [0.05, 0.1) is 15.7 Å². The first-order valence-electron chi connectivity index (χ1n) is 4.69. The van der Waals surface area contributed by atoms with Gasteiger partial charge in [0.15, 0.2) is 0 Å². The second kappa shape index (κ2) is 4.77. The summed E-state index contributed by atoms with van der Waals surface area (Å²) in [6.45, 7) is 0. The molecule has 0 saturated carbocycles. The molecule has 0 unspecified atom stereocenters. The van der Waals surface area contributed by atoms with E-state index < -0.39 is 5.82 Å². The van der Waals surface area contributed by atoms with E-state index in [1.54, 1.807) is 18.3 Å². The number of aromatic nitrogens is 1. The lowest BCUT2D eigenvalue weighted by Crippen LogP contribution is -1.97. The Bertz CT molecular complexity index is 537. The monoisotopic (exact) mass is 271 g/mol. The van der Waals surface area contributed by atoms with Crippen molar-refractivity contribution in [2.75, 3.05) is 11.1 Å². The fourth-order valence-corrected chi connectivity index (χ4v) is 1.86. The molecule has 0 fully saturated rings. The van der Waals surface area contributed by atoms with Gasteiger partial charge in [0.25, 0.3) is 0 Å². The highest BCUT2D eigenvalue weighted by molar-refractivity contribution is 6.39.